The first-order valence-corrected chi connectivity index (χ1v) is 10.9. The van der Waals surface area contributed by atoms with Crippen LogP contribution < -0.4 is 15.4 Å². The Morgan fingerprint density at radius 1 is 1.26 bits per heavy atom. The fourth-order valence-corrected chi connectivity index (χ4v) is 3.91. The molecule has 1 saturated heterocycles. The topological polar surface area (TPSA) is 83.0 Å². The van der Waals surface area contributed by atoms with Gasteiger partial charge in [0, 0.05) is 38.8 Å². The quantitative estimate of drug-likeness (QED) is 0.334. The van der Waals surface area contributed by atoms with E-state index in [1.165, 1.54) is 6.26 Å². The van der Waals surface area contributed by atoms with Crippen molar-refractivity contribution in [2.75, 3.05) is 39.5 Å². The van der Waals surface area contributed by atoms with E-state index in [-0.39, 0.29) is 24.0 Å². The number of nitrogens with zero attached hydrogens (tertiary/aromatic N) is 2. The van der Waals surface area contributed by atoms with Gasteiger partial charge < -0.3 is 15.4 Å². The van der Waals surface area contributed by atoms with Crippen molar-refractivity contribution in [3.63, 3.8) is 0 Å². The Kier molecular flexibility index (Phi) is 10.4. The fraction of sp³-hybridized carbons (Fsp3) is 0.611. The van der Waals surface area contributed by atoms with Crippen LogP contribution in [-0.4, -0.2) is 58.2 Å². The summed E-state index contributed by atoms with van der Waals surface area (Å²) in [5.74, 6) is 2.07. The van der Waals surface area contributed by atoms with Crippen LogP contribution in [0.4, 0.5) is 0 Å². The summed E-state index contributed by atoms with van der Waals surface area (Å²) in [6.07, 6.45) is 3.01. The van der Waals surface area contributed by atoms with Gasteiger partial charge in [-0.3, -0.25) is 4.99 Å². The van der Waals surface area contributed by atoms with E-state index in [9.17, 15) is 8.42 Å². The van der Waals surface area contributed by atoms with Crippen molar-refractivity contribution in [1.29, 1.82) is 0 Å². The lowest BCUT2D eigenvalue weighted by Crippen LogP contribution is -2.43. The molecule has 2 N–H and O–H groups in total. The largest absolute Gasteiger partial charge is 0.494 e. The first kappa shape index (κ1) is 24.0. The van der Waals surface area contributed by atoms with Crippen molar-refractivity contribution < 1.29 is 13.2 Å². The molecule has 1 aromatic carbocycles. The lowest BCUT2D eigenvalue weighted by atomic mass is 9.98. The van der Waals surface area contributed by atoms with E-state index in [0.717, 1.165) is 36.7 Å². The van der Waals surface area contributed by atoms with Crippen LogP contribution in [0.15, 0.2) is 29.3 Å². The number of sulfonamides is 1. The first-order chi connectivity index (χ1) is 12.4. The number of rotatable bonds is 7. The zero-order chi connectivity index (χ0) is 19.0. The third-order valence-electron chi connectivity index (χ3n) is 4.54. The lowest BCUT2D eigenvalue weighted by molar-refractivity contribution is 0.275. The maximum atomic E-state index is 11.6. The number of hydrogen-bond donors (Lipinski definition) is 2. The third-order valence-corrected chi connectivity index (χ3v) is 5.85. The number of halogens is 1. The lowest BCUT2D eigenvalue weighted by Gasteiger charge is -2.30. The highest BCUT2D eigenvalue weighted by atomic mass is 127. The average Bonchev–Trinajstić information content (AvgIpc) is 2.63. The summed E-state index contributed by atoms with van der Waals surface area (Å²) in [5.41, 5.74) is 1.08. The standard InChI is InChI=1S/C18H30N4O3S.HI/c1-4-25-17-8-6-5-7-16(17)14-21-18(19-2)20-13-15-9-11-22(12-10-15)26(3,23)24;/h5-8,15H,4,9-14H2,1-3H3,(H2,19,20,21);1H. The van der Waals surface area contributed by atoms with Crippen LogP contribution in [0.5, 0.6) is 5.75 Å². The fourth-order valence-electron chi connectivity index (χ4n) is 3.03. The summed E-state index contributed by atoms with van der Waals surface area (Å²) in [6.45, 7) is 5.21. The number of hydrogen-bond acceptors (Lipinski definition) is 4. The van der Waals surface area contributed by atoms with E-state index in [4.69, 9.17) is 4.74 Å². The van der Waals surface area contributed by atoms with Crippen molar-refractivity contribution >= 4 is 40.0 Å². The van der Waals surface area contributed by atoms with Crippen molar-refractivity contribution in [1.82, 2.24) is 14.9 Å². The predicted molar refractivity (Wildman–Crippen MR) is 120 cm³/mol. The zero-order valence-electron chi connectivity index (χ0n) is 16.3. The zero-order valence-corrected chi connectivity index (χ0v) is 19.4. The highest BCUT2D eigenvalue weighted by Crippen LogP contribution is 2.19. The van der Waals surface area contributed by atoms with E-state index in [1.54, 1.807) is 11.4 Å². The van der Waals surface area contributed by atoms with Crippen LogP contribution >= 0.6 is 24.0 Å². The van der Waals surface area contributed by atoms with Gasteiger partial charge >= 0.3 is 0 Å². The number of aliphatic imine (C=N–C) groups is 1. The molecule has 0 radical (unpaired) electrons. The van der Waals surface area contributed by atoms with Gasteiger partial charge in [0.2, 0.25) is 10.0 Å². The molecule has 1 heterocycles. The number of nitrogens with one attached hydrogen (secondary N) is 2. The molecule has 1 aliphatic rings. The molecule has 7 nitrogen and oxygen atoms in total. The van der Waals surface area contributed by atoms with Gasteiger partial charge in [0.1, 0.15) is 5.75 Å². The van der Waals surface area contributed by atoms with Crippen LogP contribution in [-0.2, 0) is 16.6 Å². The highest BCUT2D eigenvalue weighted by Gasteiger charge is 2.24. The molecule has 0 spiro atoms. The molecule has 2 rings (SSSR count). The van der Waals surface area contributed by atoms with E-state index >= 15 is 0 Å². The van der Waals surface area contributed by atoms with Crippen LogP contribution in [0, 0.1) is 5.92 Å². The molecule has 0 amide bonds. The van der Waals surface area contributed by atoms with Crippen LogP contribution in [0.1, 0.15) is 25.3 Å². The Labute approximate surface area is 180 Å². The second kappa shape index (κ2) is 11.7. The van der Waals surface area contributed by atoms with E-state index < -0.39 is 10.0 Å². The molecule has 0 aromatic heterocycles. The van der Waals surface area contributed by atoms with Gasteiger partial charge in [-0.15, -0.1) is 24.0 Å². The molecule has 0 unspecified atom stereocenters. The second-order valence-electron chi connectivity index (χ2n) is 6.45. The maximum absolute atomic E-state index is 11.6. The molecule has 1 aromatic rings. The smallest absolute Gasteiger partial charge is 0.211 e. The second-order valence-corrected chi connectivity index (χ2v) is 8.44. The summed E-state index contributed by atoms with van der Waals surface area (Å²) in [7, 11) is -1.32. The van der Waals surface area contributed by atoms with E-state index in [1.807, 2.05) is 31.2 Å². The normalized spacial score (nSPS) is 16.5. The number of para-hydroxylation sites is 1. The van der Waals surface area contributed by atoms with Gasteiger partial charge in [0.25, 0.3) is 0 Å². The molecular weight excluding hydrogens is 479 g/mol. The first-order valence-electron chi connectivity index (χ1n) is 9.04. The maximum Gasteiger partial charge on any atom is 0.211 e. The molecule has 9 heteroatoms. The van der Waals surface area contributed by atoms with Crippen molar-refractivity contribution in [2.45, 2.75) is 26.3 Å². The summed E-state index contributed by atoms with van der Waals surface area (Å²) in [6, 6.07) is 7.95. The Morgan fingerprint density at radius 3 is 2.52 bits per heavy atom. The number of piperidine rings is 1. The predicted octanol–water partition coefficient (Wildman–Crippen LogP) is 2.04. The minimum absolute atomic E-state index is 0. The molecule has 154 valence electrons. The van der Waals surface area contributed by atoms with Gasteiger partial charge in [0.15, 0.2) is 5.96 Å². The minimum atomic E-state index is -3.07. The van der Waals surface area contributed by atoms with Gasteiger partial charge in [-0.1, -0.05) is 18.2 Å². The monoisotopic (exact) mass is 510 g/mol. The number of guanidine groups is 1. The Bertz CT molecular complexity index is 704. The van der Waals surface area contributed by atoms with Gasteiger partial charge in [-0.2, -0.15) is 0 Å². The summed E-state index contributed by atoms with van der Waals surface area (Å²) in [5, 5.41) is 6.65. The molecule has 1 fully saturated rings. The summed E-state index contributed by atoms with van der Waals surface area (Å²) < 4.78 is 30.3. The Balaban J connectivity index is 0.00000364. The molecule has 27 heavy (non-hydrogen) atoms. The molecule has 0 bridgehead atoms. The molecule has 0 atom stereocenters. The van der Waals surface area contributed by atoms with Gasteiger partial charge in [0.05, 0.1) is 12.9 Å². The third kappa shape index (κ3) is 7.82. The van der Waals surface area contributed by atoms with Crippen LogP contribution in [0.2, 0.25) is 0 Å². The Morgan fingerprint density at radius 2 is 1.93 bits per heavy atom. The number of benzene rings is 1. The summed E-state index contributed by atoms with van der Waals surface area (Å²) >= 11 is 0. The van der Waals surface area contributed by atoms with E-state index in [0.29, 0.717) is 32.2 Å². The molecule has 1 aliphatic heterocycles. The average molecular weight is 510 g/mol. The summed E-state index contributed by atoms with van der Waals surface area (Å²) in [4.78, 5) is 4.26. The molecule has 0 saturated carbocycles. The van der Waals surface area contributed by atoms with Gasteiger partial charge in [-0.25, -0.2) is 12.7 Å². The van der Waals surface area contributed by atoms with Crippen molar-refractivity contribution in [2.24, 2.45) is 10.9 Å². The van der Waals surface area contributed by atoms with Crippen molar-refractivity contribution in [3.8, 4) is 5.75 Å². The van der Waals surface area contributed by atoms with Crippen LogP contribution in [0.25, 0.3) is 0 Å². The molecular formula is C18H31IN4O3S. The minimum Gasteiger partial charge on any atom is -0.494 e. The Hall–Kier alpha value is -1.07. The highest BCUT2D eigenvalue weighted by molar-refractivity contribution is 14.0. The van der Waals surface area contributed by atoms with Crippen LogP contribution in [0.3, 0.4) is 0 Å². The molecule has 0 aliphatic carbocycles. The number of ether oxygens (including phenoxy) is 1. The van der Waals surface area contributed by atoms with Gasteiger partial charge in [-0.05, 0) is 31.7 Å². The van der Waals surface area contributed by atoms with Crippen molar-refractivity contribution in [3.05, 3.63) is 29.8 Å². The SMILES string of the molecule is CCOc1ccccc1CNC(=NC)NCC1CCN(S(C)(=O)=O)CC1.I. The van der Waals surface area contributed by atoms with E-state index in [2.05, 4.69) is 15.6 Å².